The molecule has 1 aromatic rings. The van der Waals surface area contributed by atoms with E-state index < -0.39 is 0 Å². The molecule has 1 aromatic heterocycles. The Morgan fingerprint density at radius 1 is 1.25 bits per heavy atom. The molecule has 0 bridgehead atoms. The van der Waals surface area contributed by atoms with Crippen molar-refractivity contribution in [3.8, 4) is 0 Å². The number of hydrogen-bond acceptors (Lipinski definition) is 2. The summed E-state index contributed by atoms with van der Waals surface area (Å²) >= 11 is 0. The van der Waals surface area contributed by atoms with E-state index in [0.29, 0.717) is 11.7 Å². The van der Waals surface area contributed by atoms with Gasteiger partial charge in [0.25, 0.3) is 0 Å². The van der Waals surface area contributed by atoms with Gasteiger partial charge in [0, 0.05) is 5.69 Å². The van der Waals surface area contributed by atoms with Gasteiger partial charge in [0.05, 0.1) is 0 Å². The number of anilines is 1. The molecule has 1 heterocycles. The first-order valence-electron chi connectivity index (χ1n) is 4.26. The molecule has 66 valence electrons. The molecule has 0 saturated heterocycles. The van der Waals surface area contributed by atoms with Crippen LogP contribution in [0.5, 0.6) is 0 Å². The van der Waals surface area contributed by atoms with E-state index in [1.165, 1.54) is 5.56 Å². The summed E-state index contributed by atoms with van der Waals surface area (Å²) < 4.78 is 0. The van der Waals surface area contributed by atoms with Gasteiger partial charge in [-0.15, -0.1) is 0 Å². The largest absolute Gasteiger partial charge is 0.383 e. The summed E-state index contributed by atoms with van der Waals surface area (Å²) in [5, 5.41) is 0. The SMILES string of the molecule is Cc1cc(C)c(C(C)C)nc1N. The molecule has 0 unspecified atom stereocenters. The first kappa shape index (κ1) is 9.04. The number of aromatic nitrogens is 1. The van der Waals surface area contributed by atoms with E-state index in [9.17, 15) is 0 Å². The summed E-state index contributed by atoms with van der Waals surface area (Å²) in [5.74, 6) is 1.11. The topological polar surface area (TPSA) is 38.9 Å². The van der Waals surface area contributed by atoms with Gasteiger partial charge in [0.2, 0.25) is 0 Å². The fourth-order valence-corrected chi connectivity index (χ4v) is 1.36. The van der Waals surface area contributed by atoms with Gasteiger partial charge in [-0.25, -0.2) is 4.98 Å². The fourth-order valence-electron chi connectivity index (χ4n) is 1.36. The third kappa shape index (κ3) is 1.58. The van der Waals surface area contributed by atoms with Gasteiger partial charge in [0.15, 0.2) is 0 Å². The van der Waals surface area contributed by atoms with Gasteiger partial charge >= 0.3 is 0 Å². The minimum absolute atomic E-state index is 0.452. The zero-order valence-corrected chi connectivity index (χ0v) is 8.18. The quantitative estimate of drug-likeness (QED) is 0.692. The van der Waals surface area contributed by atoms with Crippen molar-refractivity contribution in [3.63, 3.8) is 0 Å². The lowest BCUT2D eigenvalue weighted by molar-refractivity contribution is 0.812. The molecule has 0 spiro atoms. The average Bonchev–Trinajstić information content (AvgIpc) is 1.96. The number of aryl methyl sites for hydroxylation is 2. The number of pyridine rings is 1. The average molecular weight is 164 g/mol. The third-order valence-corrected chi connectivity index (χ3v) is 2.03. The second-order valence-corrected chi connectivity index (χ2v) is 3.55. The second-order valence-electron chi connectivity index (χ2n) is 3.55. The van der Waals surface area contributed by atoms with Crippen LogP contribution >= 0.6 is 0 Å². The highest BCUT2D eigenvalue weighted by Crippen LogP contribution is 2.20. The maximum absolute atomic E-state index is 5.72. The zero-order chi connectivity index (χ0) is 9.30. The predicted molar refractivity (Wildman–Crippen MR) is 52.2 cm³/mol. The Labute approximate surface area is 73.8 Å². The summed E-state index contributed by atoms with van der Waals surface area (Å²) in [7, 11) is 0. The molecule has 0 aliphatic rings. The van der Waals surface area contributed by atoms with E-state index in [1.54, 1.807) is 0 Å². The van der Waals surface area contributed by atoms with Crippen molar-refractivity contribution in [2.24, 2.45) is 0 Å². The number of nitrogens with two attached hydrogens (primary N) is 1. The highest BCUT2D eigenvalue weighted by atomic mass is 14.8. The standard InChI is InChI=1S/C10H16N2/c1-6(2)9-7(3)5-8(4)10(11)12-9/h5-6H,1-4H3,(H2,11,12). The third-order valence-electron chi connectivity index (χ3n) is 2.03. The van der Waals surface area contributed by atoms with Crippen LogP contribution in [0.1, 0.15) is 36.6 Å². The summed E-state index contributed by atoms with van der Waals surface area (Å²) in [4.78, 5) is 4.35. The van der Waals surface area contributed by atoms with Gasteiger partial charge in [-0.05, 0) is 30.9 Å². The smallest absolute Gasteiger partial charge is 0.126 e. The Balaban J connectivity index is 3.23. The van der Waals surface area contributed by atoms with Crippen molar-refractivity contribution in [2.45, 2.75) is 33.6 Å². The summed E-state index contributed by atoms with van der Waals surface area (Å²) in [6, 6.07) is 2.09. The number of rotatable bonds is 1. The van der Waals surface area contributed by atoms with E-state index in [4.69, 9.17) is 5.73 Å². The van der Waals surface area contributed by atoms with Crippen molar-refractivity contribution in [1.82, 2.24) is 4.98 Å². The van der Waals surface area contributed by atoms with Crippen LogP contribution in [0.15, 0.2) is 6.07 Å². The molecule has 0 aliphatic heterocycles. The Kier molecular flexibility index (Phi) is 2.36. The summed E-state index contributed by atoms with van der Waals surface area (Å²) in [6.45, 7) is 8.32. The molecule has 12 heavy (non-hydrogen) atoms. The Bertz CT molecular complexity index is 290. The first-order chi connectivity index (χ1) is 5.52. The zero-order valence-electron chi connectivity index (χ0n) is 8.18. The van der Waals surface area contributed by atoms with E-state index >= 15 is 0 Å². The highest BCUT2D eigenvalue weighted by Gasteiger charge is 2.06. The van der Waals surface area contributed by atoms with Crippen molar-refractivity contribution in [2.75, 3.05) is 5.73 Å². The predicted octanol–water partition coefficient (Wildman–Crippen LogP) is 2.40. The van der Waals surface area contributed by atoms with Gasteiger partial charge in [-0.2, -0.15) is 0 Å². The molecule has 0 radical (unpaired) electrons. The lowest BCUT2D eigenvalue weighted by atomic mass is 10.0. The molecule has 0 saturated carbocycles. The molecular formula is C10H16N2. The van der Waals surface area contributed by atoms with Crippen LogP contribution in [0, 0.1) is 13.8 Å². The molecule has 2 heteroatoms. The number of hydrogen-bond donors (Lipinski definition) is 1. The van der Waals surface area contributed by atoms with Crippen LogP contribution in [0.3, 0.4) is 0 Å². The Morgan fingerprint density at radius 3 is 2.33 bits per heavy atom. The van der Waals surface area contributed by atoms with Gasteiger partial charge in [-0.3, -0.25) is 0 Å². The molecule has 0 aliphatic carbocycles. The van der Waals surface area contributed by atoms with Gasteiger partial charge in [-0.1, -0.05) is 19.9 Å². The maximum atomic E-state index is 5.72. The lowest BCUT2D eigenvalue weighted by Crippen LogP contribution is -2.02. The Morgan fingerprint density at radius 2 is 1.83 bits per heavy atom. The monoisotopic (exact) mass is 164 g/mol. The van der Waals surface area contributed by atoms with E-state index in [2.05, 4.69) is 31.8 Å². The first-order valence-corrected chi connectivity index (χ1v) is 4.26. The van der Waals surface area contributed by atoms with Gasteiger partial charge in [0.1, 0.15) is 5.82 Å². The van der Waals surface area contributed by atoms with E-state index in [0.717, 1.165) is 11.3 Å². The van der Waals surface area contributed by atoms with Crippen LogP contribution < -0.4 is 5.73 Å². The minimum Gasteiger partial charge on any atom is -0.383 e. The highest BCUT2D eigenvalue weighted by molar-refractivity contribution is 5.42. The molecule has 2 nitrogen and oxygen atoms in total. The van der Waals surface area contributed by atoms with Crippen LogP contribution in [-0.2, 0) is 0 Å². The number of nitrogen functional groups attached to an aromatic ring is 1. The van der Waals surface area contributed by atoms with Crippen molar-refractivity contribution in [1.29, 1.82) is 0 Å². The summed E-state index contributed by atoms with van der Waals surface area (Å²) in [6.07, 6.45) is 0. The molecule has 0 amide bonds. The van der Waals surface area contributed by atoms with E-state index in [-0.39, 0.29) is 0 Å². The van der Waals surface area contributed by atoms with Gasteiger partial charge < -0.3 is 5.73 Å². The lowest BCUT2D eigenvalue weighted by Gasteiger charge is -2.10. The molecule has 2 N–H and O–H groups in total. The molecule has 0 fully saturated rings. The minimum atomic E-state index is 0.452. The maximum Gasteiger partial charge on any atom is 0.126 e. The summed E-state index contributed by atoms with van der Waals surface area (Å²) in [5.41, 5.74) is 9.13. The molecule has 0 atom stereocenters. The van der Waals surface area contributed by atoms with Crippen LogP contribution in [0.2, 0.25) is 0 Å². The number of nitrogens with zero attached hydrogens (tertiary/aromatic N) is 1. The Hall–Kier alpha value is -1.05. The van der Waals surface area contributed by atoms with Crippen LogP contribution in [-0.4, -0.2) is 4.98 Å². The van der Waals surface area contributed by atoms with Crippen LogP contribution in [0.4, 0.5) is 5.82 Å². The molecular weight excluding hydrogens is 148 g/mol. The van der Waals surface area contributed by atoms with Crippen molar-refractivity contribution in [3.05, 3.63) is 22.9 Å². The normalized spacial score (nSPS) is 10.8. The second kappa shape index (κ2) is 3.13. The molecule has 1 rings (SSSR count). The van der Waals surface area contributed by atoms with Crippen molar-refractivity contribution >= 4 is 5.82 Å². The molecule has 0 aromatic carbocycles. The van der Waals surface area contributed by atoms with Crippen molar-refractivity contribution < 1.29 is 0 Å². The fraction of sp³-hybridized carbons (Fsp3) is 0.500. The van der Waals surface area contributed by atoms with Crippen LogP contribution in [0.25, 0.3) is 0 Å². The van der Waals surface area contributed by atoms with E-state index in [1.807, 2.05) is 6.92 Å².